The van der Waals surface area contributed by atoms with Gasteiger partial charge in [-0.05, 0) is 24.1 Å². The Balaban J connectivity index is 2.17. The van der Waals surface area contributed by atoms with E-state index in [2.05, 4.69) is 18.2 Å². The van der Waals surface area contributed by atoms with Gasteiger partial charge < -0.3 is 0 Å². The lowest BCUT2D eigenvalue weighted by Gasteiger charge is -2.07. The van der Waals surface area contributed by atoms with Crippen molar-refractivity contribution in [2.24, 2.45) is 0 Å². The average Bonchev–Trinajstić information content (AvgIpc) is 2.38. The fraction of sp³-hybridized carbons (Fsp3) is 0.133. The summed E-state index contributed by atoms with van der Waals surface area (Å²) in [6, 6.07) is 18.4. The number of nitrogens with zero attached hydrogens (tertiary/aromatic N) is 1. The van der Waals surface area contributed by atoms with Crippen LogP contribution in [0, 0.1) is 18.3 Å². The molecule has 0 saturated carbocycles. The Morgan fingerprint density at radius 1 is 1.06 bits per heavy atom. The largest absolute Gasteiger partial charge is 0.192 e. The van der Waals surface area contributed by atoms with E-state index in [-0.39, 0.29) is 0 Å². The first kappa shape index (κ1) is 11.8. The van der Waals surface area contributed by atoms with E-state index in [0.717, 1.165) is 16.2 Å². The summed E-state index contributed by atoms with van der Waals surface area (Å²) in [5, 5.41) is 9.08. The van der Waals surface area contributed by atoms with Crippen molar-refractivity contribution in [3.8, 4) is 6.07 Å². The normalized spacial score (nSPS) is 9.88. The van der Waals surface area contributed by atoms with Crippen LogP contribution >= 0.6 is 11.8 Å². The van der Waals surface area contributed by atoms with E-state index in [4.69, 9.17) is 5.26 Å². The van der Waals surface area contributed by atoms with Gasteiger partial charge in [-0.15, -0.1) is 11.8 Å². The molecule has 0 N–H and O–H groups in total. The highest BCUT2D eigenvalue weighted by molar-refractivity contribution is 7.98. The third-order valence-electron chi connectivity index (χ3n) is 2.56. The number of hydrogen-bond acceptors (Lipinski definition) is 2. The molecule has 0 spiro atoms. The molecule has 0 aliphatic rings. The molecule has 1 nitrogen and oxygen atoms in total. The van der Waals surface area contributed by atoms with Crippen LogP contribution < -0.4 is 0 Å². The maximum Gasteiger partial charge on any atom is 0.100 e. The number of nitriles is 1. The van der Waals surface area contributed by atoms with Crippen molar-refractivity contribution in [1.29, 1.82) is 5.26 Å². The molecule has 17 heavy (non-hydrogen) atoms. The van der Waals surface area contributed by atoms with Gasteiger partial charge in [0.15, 0.2) is 0 Å². The Hall–Kier alpha value is -1.72. The summed E-state index contributed by atoms with van der Waals surface area (Å²) < 4.78 is 0. The number of aryl methyl sites for hydroxylation is 1. The second-order valence-electron chi connectivity index (χ2n) is 3.84. The van der Waals surface area contributed by atoms with Crippen molar-refractivity contribution in [1.82, 2.24) is 0 Å². The molecule has 0 bridgehead atoms. The van der Waals surface area contributed by atoms with Gasteiger partial charge in [0, 0.05) is 10.6 Å². The van der Waals surface area contributed by atoms with E-state index in [1.54, 1.807) is 11.8 Å². The molecule has 0 saturated heterocycles. The zero-order valence-corrected chi connectivity index (χ0v) is 10.5. The second-order valence-corrected chi connectivity index (χ2v) is 4.82. The van der Waals surface area contributed by atoms with Crippen LogP contribution in [0.25, 0.3) is 0 Å². The molecule has 0 amide bonds. The SMILES string of the molecule is Cc1cccc(C#N)c1SCc1ccccc1. The molecule has 0 heterocycles. The van der Waals surface area contributed by atoms with Gasteiger partial charge in [0.1, 0.15) is 6.07 Å². The minimum Gasteiger partial charge on any atom is -0.192 e. The summed E-state index contributed by atoms with van der Waals surface area (Å²) in [6.07, 6.45) is 0. The van der Waals surface area contributed by atoms with Gasteiger partial charge >= 0.3 is 0 Å². The monoisotopic (exact) mass is 239 g/mol. The van der Waals surface area contributed by atoms with Gasteiger partial charge in [-0.2, -0.15) is 5.26 Å². The Kier molecular flexibility index (Phi) is 3.85. The number of thioether (sulfide) groups is 1. The van der Waals surface area contributed by atoms with Gasteiger partial charge in [-0.1, -0.05) is 42.5 Å². The topological polar surface area (TPSA) is 23.8 Å². The highest BCUT2D eigenvalue weighted by Crippen LogP contribution is 2.28. The van der Waals surface area contributed by atoms with Gasteiger partial charge in [0.2, 0.25) is 0 Å². The van der Waals surface area contributed by atoms with E-state index >= 15 is 0 Å². The summed E-state index contributed by atoms with van der Waals surface area (Å²) in [6.45, 7) is 2.05. The molecule has 84 valence electrons. The van der Waals surface area contributed by atoms with Crippen LogP contribution in [0.2, 0.25) is 0 Å². The third-order valence-corrected chi connectivity index (χ3v) is 3.87. The van der Waals surface area contributed by atoms with Crippen LogP contribution in [0.3, 0.4) is 0 Å². The molecular formula is C15H13NS. The van der Waals surface area contributed by atoms with Crippen molar-refractivity contribution >= 4 is 11.8 Å². The first-order chi connectivity index (χ1) is 8.31. The lowest BCUT2D eigenvalue weighted by Crippen LogP contribution is -1.87. The standard InChI is InChI=1S/C15H13NS/c1-12-6-5-9-14(10-16)15(12)17-11-13-7-3-2-4-8-13/h2-9H,11H2,1H3. The fourth-order valence-corrected chi connectivity index (χ4v) is 2.73. The van der Waals surface area contributed by atoms with E-state index in [0.29, 0.717) is 0 Å². The zero-order chi connectivity index (χ0) is 12.1. The molecule has 0 aromatic heterocycles. The van der Waals surface area contributed by atoms with E-state index in [1.165, 1.54) is 11.1 Å². The van der Waals surface area contributed by atoms with E-state index in [9.17, 15) is 0 Å². The molecule has 2 aromatic rings. The van der Waals surface area contributed by atoms with E-state index in [1.807, 2.05) is 43.3 Å². The first-order valence-electron chi connectivity index (χ1n) is 5.47. The van der Waals surface area contributed by atoms with Gasteiger partial charge in [-0.25, -0.2) is 0 Å². The van der Waals surface area contributed by atoms with Crippen LogP contribution in [0.5, 0.6) is 0 Å². The summed E-state index contributed by atoms with van der Waals surface area (Å²) in [5.74, 6) is 0.903. The highest BCUT2D eigenvalue weighted by atomic mass is 32.2. The van der Waals surface area contributed by atoms with Crippen LogP contribution in [0.4, 0.5) is 0 Å². The van der Waals surface area contributed by atoms with E-state index < -0.39 is 0 Å². The summed E-state index contributed by atoms with van der Waals surface area (Å²) in [4.78, 5) is 1.10. The molecule has 0 aliphatic carbocycles. The molecule has 0 radical (unpaired) electrons. The molecule has 0 unspecified atom stereocenters. The van der Waals surface area contributed by atoms with Gasteiger partial charge in [-0.3, -0.25) is 0 Å². The second kappa shape index (κ2) is 5.56. The lowest BCUT2D eigenvalue weighted by atomic mass is 10.1. The van der Waals surface area contributed by atoms with Crippen LogP contribution in [-0.2, 0) is 5.75 Å². The van der Waals surface area contributed by atoms with Crippen molar-refractivity contribution in [2.45, 2.75) is 17.6 Å². The molecular weight excluding hydrogens is 226 g/mol. The Morgan fingerprint density at radius 3 is 2.53 bits per heavy atom. The minimum atomic E-state index is 0.769. The Bertz CT molecular complexity index is 541. The Labute approximate surface area is 106 Å². The summed E-state index contributed by atoms with van der Waals surface area (Å²) in [7, 11) is 0. The number of benzene rings is 2. The average molecular weight is 239 g/mol. The molecule has 2 rings (SSSR count). The van der Waals surface area contributed by atoms with Gasteiger partial charge in [0.25, 0.3) is 0 Å². The maximum absolute atomic E-state index is 9.08. The molecule has 2 heteroatoms. The third kappa shape index (κ3) is 2.89. The minimum absolute atomic E-state index is 0.769. The quantitative estimate of drug-likeness (QED) is 0.751. The van der Waals surface area contributed by atoms with Crippen molar-refractivity contribution < 1.29 is 0 Å². The Morgan fingerprint density at radius 2 is 1.82 bits per heavy atom. The summed E-state index contributed by atoms with van der Waals surface area (Å²) in [5.41, 5.74) is 3.22. The fourth-order valence-electron chi connectivity index (χ4n) is 1.66. The van der Waals surface area contributed by atoms with Crippen LogP contribution in [0.15, 0.2) is 53.4 Å². The van der Waals surface area contributed by atoms with Crippen molar-refractivity contribution in [3.05, 3.63) is 65.2 Å². The molecule has 0 atom stereocenters. The van der Waals surface area contributed by atoms with Crippen molar-refractivity contribution in [2.75, 3.05) is 0 Å². The van der Waals surface area contributed by atoms with Gasteiger partial charge in [0.05, 0.1) is 5.56 Å². The molecule has 0 aliphatic heterocycles. The van der Waals surface area contributed by atoms with Crippen molar-refractivity contribution in [3.63, 3.8) is 0 Å². The van der Waals surface area contributed by atoms with Crippen LogP contribution in [0.1, 0.15) is 16.7 Å². The highest BCUT2D eigenvalue weighted by Gasteiger charge is 2.05. The predicted octanol–water partition coefficient (Wildman–Crippen LogP) is 4.16. The smallest absolute Gasteiger partial charge is 0.100 e. The molecule has 2 aromatic carbocycles. The zero-order valence-electron chi connectivity index (χ0n) is 9.68. The summed E-state index contributed by atoms with van der Waals surface area (Å²) >= 11 is 1.73. The molecule has 0 fully saturated rings. The number of rotatable bonds is 3. The van der Waals surface area contributed by atoms with Crippen LogP contribution in [-0.4, -0.2) is 0 Å². The first-order valence-corrected chi connectivity index (χ1v) is 6.46. The maximum atomic E-state index is 9.08. The predicted molar refractivity (Wildman–Crippen MR) is 71.9 cm³/mol. The lowest BCUT2D eigenvalue weighted by molar-refractivity contribution is 1.25. The number of hydrogen-bond donors (Lipinski definition) is 0.